The van der Waals surface area contributed by atoms with Gasteiger partial charge in [0.25, 0.3) is 0 Å². The highest BCUT2D eigenvalue weighted by Gasteiger charge is 2.25. The largest absolute Gasteiger partial charge is 0.359 e. The van der Waals surface area contributed by atoms with Crippen LogP contribution in [0.3, 0.4) is 0 Å². The molecule has 27 heavy (non-hydrogen) atoms. The molecule has 0 radical (unpaired) electrons. The van der Waals surface area contributed by atoms with Gasteiger partial charge in [0.1, 0.15) is 0 Å². The van der Waals surface area contributed by atoms with Crippen molar-refractivity contribution in [2.75, 3.05) is 38.5 Å². The normalized spacial score (nSPS) is 17.9. The van der Waals surface area contributed by atoms with Crippen molar-refractivity contribution in [3.63, 3.8) is 0 Å². The van der Waals surface area contributed by atoms with Gasteiger partial charge in [0.05, 0.1) is 23.0 Å². The van der Waals surface area contributed by atoms with E-state index in [1.807, 2.05) is 51.2 Å². The summed E-state index contributed by atoms with van der Waals surface area (Å²) in [6, 6.07) is 5.64. The highest BCUT2D eigenvalue weighted by atomic mass is 16.2. The predicted molar refractivity (Wildman–Crippen MR) is 112 cm³/mol. The molecule has 1 fully saturated rings. The number of aromatic amines is 1. The summed E-state index contributed by atoms with van der Waals surface area (Å²) in [5.41, 5.74) is 3.90. The number of H-pyrrole nitrogens is 1. The highest BCUT2D eigenvalue weighted by molar-refractivity contribution is 6.19. The lowest BCUT2D eigenvalue weighted by molar-refractivity contribution is -0.121. The van der Waals surface area contributed by atoms with Crippen molar-refractivity contribution in [1.29, 1.82) is 5.41 Å². The van der Waals surface area contributed by atoms with Crippen molar-refractivity contribution in [1.82, 2.24) is 14.8 Å². The van der Waals surface area contributed by atoms with Gasteiger partial charge in [-0.05, 0) is 39.5 Å². The Morgan fingerprint density at radius 3 is 2.67 bits per heavy atom. The number of hydrogen-bond acceptors (Lipinski definition) is 4. The second-order valence-corrected chi connectivity index (χ2v) is 7.28. The maximum absolute atomic E-state index is 12.8. The number of carbonyl (C=O) groups excluding carboxylic acids is 1. The Morgan fingerprint density at radius 2 is 2.00 bits per heavy atom. The highest BCUT2D eigenvalue weighted by Crippen LogP contribution is 2.27. The zero-order valence-electron chi connectivity index (χ0n) is 16.6. The average molecular weight is 367 g/mol. The number of rotatable bonds is 5. The lowest BCUT2D eigenvalue weighted by Crippen LogP contribution is -2.51. The summed E-state index contributed by atoms with van der Waals surface area (Å²) >= 11 is 0. The smallest absolute Gasteiger partial charge is 0.241 e. The van der Waals surface area contributed by atoms with Gasteiger partial charge in [0, 0.05) is 43.3 Å². The number of carbonyl (C=O) groups is 1. The molecule has 3 rings (SSSR count). The van der Waals surface area contributed by atoms with Crippen molar-refractivity contribution >= 4 is 28.2 Å². The van der Waals surface area contributed by atoms with Crippen LogP contribution in [-0.4, -0.2) is 65.7 Å². The van der Waals surface area contributed by atoms with E-state index in [9.17, 15) is 4.79 Å². The molecule has 1 aliphatic heterocycles. The van der Waals surface area contributed by atoms with Crippen LogP contribution in [0.4, 0.5) is 5.69 Å². The van der Waals surface area contributed by atoms with Crippen molar-refractivity contribution in [2.45, 2.75) is 26.8 Å². The lowest BCUT2D eigenvalue weighted by Gasteiger charge is -2.35. The maximum atomic E-state index is 12.8. The number of benzene rings is 1. The second-order valence-electron chi connectivity index (χ2n) is 7.28. The Labute approximate surface area is 160 Å². The lowest BCUT2D eigenvalue weighted by atomic mass is 10.0. The summed E-state index contributed by atoms with van der Waals surface area (Å²) in [5, 5.41) is 12.4. The molecule has 0 spiro atoms. The van der Waals surface area contributed by atoms with Gasteiger partial charge < -0.3 is 15.2 Å². The molecule has 2 heterocycles. The number of nitrogens with zero attached hydrogens (tertiary/aromatic N) is 2. The number of nitrogens with one attached hydrogen (secondary N) is 3. The molecule has 6 heteroatoms. The summed E-state index contributed by atoms with van der Waals surface area (Å²) in [6.07, 6.45) is 3.78. The predicted octanol–water partition coefficient (Wildman–Crippen LogP) is 3.08. The first kappa shape index (κ1) is 19.3. The van der Waals surface area contributed by atoms with Gasteiger partial charge in [0.2, 0.25) is 5.91 Å². The molecule has 1 aromatic carbocycles. The van der Waals surface area contributed by atoms with Crippen molar-refractivity contribution in [3.8, 4) is 0 Å². The molecular formula is C21H29N5O. The van der Waals surface area contributed by atoms with Crippen LogP contribution in [0.1, 0.15) is 26.3 Å². The number of piperazine rings is 1. The zero-order chi connectivity index (χ0) is 19.6. The molecule has 2 aromatic rings. The van der Waals surface area contributed by atoms with E-state index in [1.165, 1.54) is 0 Å². The number of aromatic nitrogens is 1. The topological polar surface area (TPSA) is 75.2 Å². The summed E-state index contributed by atoms with van der Waals surface area (Å²) < 4.78 is 0. The molecule has 144 valence electrons. The van der Waals surface area contributed by atoms with Gasteiger partial charge in [-0.25, -0.2) is 0 Å². The van der Waals surface area contributed by atoms with E-state index in [1.54, 1.807) is 0 Å². The molecule has 3 N–H and O–H groups in total. The van der Waals surface area contributed by atoms with Crippen molar-refractivity contribution in [3.05, 3.63) is 41.6 Å². The maximum Gasteiger partial charge on any atom is 0.241 e. The van der Waals surface area contributed by atoms with E-state index in [-0.39, 0.29) is 11.9 Å². The fourth-order valence-corrected chi connectivity index (χ4v) is 3.43. The van der Waals surface area contributed by atoms with Gasteiger partial charge in [-0.15, -0.1) is 0 Å². The van der Waals surface area contributed by atoms with Crippen LogP contribution >= 0.6 is 0 Å². The van der Waals surface area contributed by atoms with E-state index in [0.29, 0.717) is 5.71 Å². The quantitative estimate of drug-likeness (QED) is 0.711. The molecule has 0 unspecified atom stereocenters. The number of amides is 1. The number of fused-ring (bicyclic) bond motifs is 1. The third-order valence-electron chi connectivity index (χ3n) is 5.54. The fraction of sp³-hybridized carbons (Fsp3) is 0.429. The summed E-state index contributed by atoms with van der Waals surface area (Å²) in [4.78, 5) is 20.5. The summed E-state index contributed by atoms with van der Waals surface area (Å²) in [6.45, 7) is 9.61. The standard InChI is InChI=1S/C21H29N5O/c1-5-14(2)19(22)17-13-23-20-16(17)7-6-8-18(20)24-21(27)15(3)26-11-9-25(4)10-12-26/h5-8,13,15,22-23H,9-12H2,1-4H3,(H,24,27)/b14-5-,22-19?/t15-/m1/s1. The molecular weight excluding hydrogens is 338 g/mol. The fourth-order valence-electron chi connectivity index (χ4n) is 3.43. The average Bonchev–Trinajstić information content (AvgIpc) is 3.11. The van der Waals surface area contributed by atoms with E-state index >= 15 is 0 Å². The number of para-hydroxylation sites is 1. The second kappa shape index (κ2) is 8.06. The van der Waals surface area contributed by atoms with Crippen LogP contribution in [0.25, 0.3) is 10.9 Å². The van der Waals surface area contributed by atoms with Crippen LogP contribution in [0, 0.1) is 5.41 Å². The van der Waals surface area contributed by atoms with Gasteiger partial charge in [-0.3, -0.25) is 15.1 Å². The first-order valence-electron chi connectivity index (χ1n) is 9.48. The minimum absolute atomic E-state index is 0.00270. The third-order valence-corrected chi connectivity index (χ3v) is 5.54. The molecule has 0 bridgehead atoms. The Bertz CT molecular complexity index is 874. The Balaban J connectivity index is 1.80. The molecule has 1 aliphatic rings. The molecule has 6 nitrogen and oxygen atoms in total. The number of likely N-dealkylation sites (N-methyl/N-ethyl adjacent to an activating group) is 1. The molecule has 1 amide bonds. The molecule has 1 atom stereocenters. The SMILES string of the molecule is C/C=C(/C)C(=N)c1c[nH]c2c(NC(=O)[C@@H](C)N3CCN(C)CC3)cccc12. The van der Waals surface area contributed by atoms with E-state index in [4.69, 9.17) is 5.41 Å². The number of hydrogen-bond donors (Lipinski definition) is 3. The number of allylic oxidation sites excluding steroid dienone is 2. The van der Waals surface area contributed by atoms with Crippen LogP contribution in [-0.2, 0) is 4.79 Å². The molecule has 1 saturated heterocycles. The van der Waals surface area contributed by atoms with E-state index in [2.05, 4.69) is 27.1 Å². The minimum atomic E-state index is -0.174. The van der Waals surface area contributed by atoms with E-state index in [0.717, 1.165) is 53.9 Å². The molecule has 0 aliphatic carbocycles. The van der Waals surface area contributed by atoms with Gasteiger partial charge in [0.15, 0.2) is 0 Å². The van der Waals surface area contributed by atoms with Gasteiger partial charge in [-0.1, -0.05) is 18.2 Å². The third kappa shape index (κ3) is 3.96. The summed E-state index contributed by atoms with van der Waals surface area (Å²) in [7, 11) is 2.11. The first-order valence-corrected chi connectivity index (χ1v) is 9.48. The molecule has 1 aromatic heterocycles. The van der Waals surface area contributed by atoms with Gasteiger partial charge >= 0.3 is 0 Å². The molecule has 0 saturated carbocycles. The van der Waals surface area contributed by atoms with Crippen LogP contribution in [0.2, 0.25) is 0 Å². The summed E-state index contributed by atoms with van der Waals surface area (Å²) in [5.74, 6) is 0.00270. The van der Waals surface area contributed by atoms with Gasteiger partial charge in [-0.2, -0.15) is 0 Å². The van der Waals surface area contributed by atoms with E-state index < -0.39 is 0 Å². The van der Waals surface area contributed by atoms with Crippen molar-refractivity contribution in [2.24, 2.45) is 0 Å². The minimum Gasteiger partial charge on any atom is -0.359 e. The van der Waals surface area contributed by atoms with Crippen molar-refractivity contribution < 1.29 is 4.79 Å². The monoisotopic (exact) mass is 367 g/mol. The first-order chi connectivity index (χ1) is 12.9. The van der Waals surface area contributed by atoms with Crippen LogP contribution < -0.4 is 5.32 Å². The Kier molecular flexibility index (Phi) is 5.77. The number of anilines is 1. The Hall–Kier alpha value is -2.44. The van der Waals surface area contributed by atoms with Crippen LogP contribution in [0.15, 0.2) is 36.0 Å². The zero-order valence-corrected chi connectivity index (χ0v) is 16.6. The Morgan fingerprint density at radius 1 is 1.30 bits per heavy atom. The van der Waals surface area contributed by atoms with Crippen LogP contribution in [0.5, 0.6) is 0 Å².